The standard InChI is InChI=1S/C14H19NO3/c1-11-6-8-13(9-7-11)15-14(17)18-10-4-3-5-12(2)16/h6-9H,3-5,10H2,1-2H3,(H,15,17). The van der Waals surface area contributed by atoms with Gasteiger partial charge in [0.2, 0.25) is 0 Å². The van der Waals surface area contributed by atoms with E-state index in [-0.39, 0.29) is 5.78 Å². The van der Waals surface area contributed by atoms with Gasteiger partial charge in [0, 0.05) is 12.1 Å². The van der Waals surface area contributed by atoms with Crippen molar-refractivity contribution in [1.82, 2.24) is 0 Å². The Morgan fingerprint density at radius 3 is 2.44 bits per heavy atom. The van der Waals surface area contributed by atoms with Crippen molar-refractivity contribution < 1.29 is 14.3 Å². The summed E-state index contributed by atoms with van der Waals surface area (Å²) in [6, 6.07) is 7.49. The Balaban J connectivity index is 2.17. The fraction of sp³-hybridized carbons (Fsp3) is 0.429. The van der Waals surface area contributed by atoms with Gasteiger partial charge in [0.15, 0.2) is 0 Å². The number of anilines is 1. The first-order valence-electron chi connectivity index (χ1n) is 6.08. The molecule has 0 aliphatic carbocycles. The molecule has 1 amide bonds. The van der Waals surface area contributed by atoms with Crippen LogP contribution in [0.1, 0.15) is 31.7 Å². The number of rotatable bonds is 6. The lowest BCUT2D eigenvalue weighted by Crippen LogP contribution is -2.14. The lowest BCUT2D eigenvalue weighted by atomic mass is 10.2. The monoisotopic (exact) mass is 249 g/mol. The van der Waals surface area contributed by atoms with E-state index in [0.29, 0.717) is 25.1 Å². The molecule has 0 aliphatic rings. The molecule has 0 bridgehead atoms. The Hall–Kier alpha value is -1.84. The van der Waals surface area contributed by atoms with Gasteiger partial charge in [0.25, 0.3) is 0 Å². The first kappa shape index (κ1) is 14.2. The number of Topliss-reactive ketones (excluding diaryl/α,β-unsaturated/α-hetero) is 1. The zero-order valence-corrected chi connectivity index (χ0v) is 10.9. The molecular weight excluding hydrogens is 230 g/mol. The molecule has 0 atom stereocenters. The number of ketones is 1. The predicted octanol–water partition coefficient (Wildman–Crippen LogP) is 3.30. The van der Waals surface area contributed by atoms with E-state index < -0.39 is 6.09 Å². The molecule has 18 heavy (non-hydrogen) atoms. The van der Waals surface area contributed by atoms with Crippen LogP contribution in [0.4, 0.5) is 10.5 Å². The third-order valence-corrected chi connectivity index (χ3v) is 2.45. The van der Waals surface area contributed by atoms with E-state index in [1.807, 2.05) is 31.2 Å². The first-order valence-corrected chi connectivity index (χ1v) is 6.08. The second kappa shape index (κ2) is 7.48. The van der Waals surface area contributed by atoms with Crippen LogP contribution in [0.5, 0.6) is 0 Å². The van der Waals surface area contributed by atoms with Crippen LogP contribution < -0.4 is 5.32 Å². The van der Waals surface area contributed by atoms with E-state index in [2.05, 4.69) is 5.32 Å². The van der Waals surface area contributed by atoms with Crippen LogP contribution in [0.3, 0.4) is 0 Å². The summed E-state index contributed by atoms with van der Waals surface area (Å²) in [5.74, 6) is 0.166. The van der Waals surface area contributed by atoms with Crippen molar-refractivity contribution in [1.29, 1.82) is 0 Å². The highest BCUT2D eigenvalue weighted by Crippen LogP contribution is 2.09. The molecule has 0 aliphatic heterocycles. The summed E-state index contributed by atoms with van der Waals surface area (Å²) < 4.78 is 5.00. The average Bonchev–Trinajstić information content (AvgIpc) is 2.31. The van der Waals surface area contributed by atoms with Crippen LogP contribution >= 0.6 is 0 Å². The maximum atomic E-state index is 11.4. The van der Waals surface area contributed by atoms with Gasteiger partial charge in [-0.05, 0) is 38.8 Å². The topological polar surface area (TPSA) is 55.4 Å². The smallest absolute Gasteiger partial charge is 0.411 e. The molecule has 1 N–H and O–H groups in total. The molecule has 4 heteroatoms. The van der Waals surface area contributed by atoms with Gasteiger partial charge in [0.1, 0.15) is 5.78 Å². The minimum atomic E-state index is -0.457. The van der Waals surface area contributed by atoms with Gasteiger partial charge in [-0.2, -0.15) is 0 Å². The van der Waals surface area contributed by atoms with Crippen molar-refractivity contribution in [2.45, 2.75) is 33.1 Å². The Morgan fingerprint density at radius 2 is 1.83 bits per heavy atom. The van der Waals surface area contributed by atoms with E-state index in [9.17, 15) is 9.59 Å². The lowest BCUT2D eigenvalue weighted by Gasteiger charge is -2.06. The summed E-state index contributed by atoms with van der Waals surface area (Å²) in [6.45, 7) is 3.88. The number of benzene rings is 1. The highest BCUT2D eigenvalue weighted by Gasteiger charge is 2.02. The molecule has 1 aromatic carbocycles. The number of nitrogens with one attached hydrogen (secondary N) is 1. The number of hydrogen-bond acceptors (Lipinski definition) is 3. The maximum Gasteiger partial charge on any atom is 0.411 e. The van der Waals surface area contributed by atoms with Gasteiger partial charge < -0.3 is 9.53 Å². The summed E-state index contributed by atoms with van der Waals surface area (Å²) in [5, 5.41) is 2.64. The molecule has 1 rings (SSSR count). The highest BCUT2D eigenvalue weighted by molar-refractivity contribution is 5.84. The Kier molecular flexibility index (Phi) is 5.91. The van der Waals surface area contributed by atoms with Crippen molar-refractivity contribution in [2.75, 3.05) is 11.9 Å². The molecule has 0 saturated heterocycles. The normalized spacial score (nSPS) is 9.89. The lowest BCUT2D eigenvalue weighted by molar-refractivity contribution is -0.117. The zero-order valence-electron chi connectivity index (χ0n) is 10.9. The third-order valence-electron chi connectivity index (χ3n) is 2.45. The van der Waals surface area contributed by atoms with Crippen LogP contribution in [0.25, 0.3) is 0 Å². The summed E-state index contributed by atoms with van der Waals surface area (Å²) in [6.07, 6.45) is 1.55. The van der Waals surface area contributed by atoms with Crippen molar-refractivity contribution in [3.8, 4) is 0 Å². The summed E-state index contributed by atoms with van der Waals surface area (Å²) in [5.41, 5.74) is 1.85. The van der Waals surface area contributed by atoms with Crippen molar-refractivity contribution in [3.63, 3.8) is 0 Å². The minimum absolute atomic E-state index is 0.166. The molecule has 0 saturated carbocycles. The SMILES string of the molecule is CC(=O)CCCCOC(=O)Nc1ccc(C)cc1. The number of hydrogen-bond donors (Lipinski definition) is 1. The molecule has 0 heterocycles. The van der Waals surface area contributed by atoms with Gasteiger partial charge in [-0.3, -0.25) is 5.32 Å². The van der Waals surface area contributed by atoms with Crippen LogP contribution in [0.15, 0.2) is 24.3 Å². The number of amides is 1. The van der Waals surface area contributed by atoms with Crippen LogP contribution in [-0.4, -0.2) is 18.5 Å². The van der Waals surface area contributed by atoms with Crippen molar-refractivity contribution in [2.24, 2.45) is 0 Å². The third kappa shape index (κ3) is 6.03. The van der Waals surface area contributed by atoms with Crippen LogP contribution in [0, 0.1) is 6.92 Å². The molecule has 4 nitrogen and oxygen atoms in total. The fourth-order valence-electron chi connectivity index (χ4n) is 1.43. The van der Waals surface area contributed by atoms with E-state index in [4.69, 9.17) is 4.74 Å². The number of aryl methyl sites for hydroxylation is 1. The quantitative estimate of drug-likeness (QED) is 0.787. The second-order valence-electron chi connectivity index (χ2n) is 4.29. The van der Waals surface area contributed by atoms with Gasteiger partial charge in [0.05, 0.1) is 6.61 Å². The zero-order chi connectivity index (χ0) is 13.4. The van der Waals surface area contributed by atoms with Gasteiger partial charge in [-0.1, -0.05) is 17.7 Å². The average molecular weight is 249 g/mol. The van der Waals surface area contributed by atoms with E-state index in [1.54, 1.807) is 6.92 Å². The molecule has 0 radical (unpaired) electrons. The van der Waals surface area contributed by atoms with Crippen molar-refractivity contribution >= 4 is 17.6 Å². The summed E-state index contributed by atoms with van der Waals surface area (Å²) in [7, 11) is 0. The Morgan fingerprint density at radius 1 is 1.17 bits per heavy atom. The number of ether oxygens (including phenoxy) is 1. The maximum absolute atomic E-state index is 11.4. The van der Waals surface area contributed by atoms with Gasteiger partial charge in [-0.15, -0.1) is 0 Å². The van der Waals surface area contributed by atoms with E-state index >= 15 is 0 Å². The molecule has 0 aromatic heterocycles. The molecule has 0 unspecified atom stereocenters. The summed E-state index contributed by atoms with van der Waals surface area (Å²) in [4.78, 5) is 22.1. The van der Waals surface area contributed by atoms with Crippen molar-refractivity contribution in [3.05, 3.63) is 29.8 Å². The molecule has 98 valence electrons. The largest absolute Gasteiger partial charge is 0.449 e. The second-order valence-corrected chi connectivity index (χ2v) is 4.29. The van der Waals surface area contributed by atoms with Crippen LogP contribution in [-0.2, 0) is 9.53 Å². The van der Waals surface area contributed by atoms with Crippen LogP contribution in [0.2, 0.25) is 0 Å². The molecule has 0 fully saturated rings. The van der Waals surface area contributed by atoms with E-state index in [0.717, 1.165) is 12.0 Å². The Labute approximate surface area is 107 Å². The molecular formula is C14H19NO3. The molecule has 1 aromatic rings. The predicted molar refractivity (Wildman–Crippen MR) is 70.7 cm³/mol. The minimum Gasteiger partial charge on any atom is -0.449 e. The summed E-state index contributed by atoms with van der Waals surface area (Å²) >= 11 is 0. The fourth-order valence-corrected chi connectivity index (χ4v) is 1.43. The number of carbonyl (C=O) groups excluding carboxylic acids is 2. The van der Waals surface area contributed by atoms with Gasteiger partial charge >= 0.3 is 6.09 Å². The van der Waals surface area contributed by atoms with E-state index in [1.165, 1.54) is 0 Å². The number of carbonyl (C=O) groups is 2. The van der Waals surface area contributed by atoms with Gasteiger partial charge in [-0.25, -0.2) is 4.79 Å². The Bertz CT molecular complexity index is 398. The first-order chi connectivity index (χ1) is 8.58. The highest BCUT2D eigenvalue weighted by atomic mass is 16.5. The molecule has 0 spiro atoms. The number of unbranched alkanes of at least 4 members (excludes halogenated alkanes) is 1.